The number of halogens is 2. The number of rotatable bonds is 1. The Morgan fingerprint density at radius 1 is 1.26 bits per heavy atom. The Hall–Kier alpha value is -0.410. The molecule has 0 unspecified atom stereocenters. The molecular weight excluding hydrogens is 307 g/mol. The minimum atomic E-state index is -1.00. The smallest absolute Gasteiger partial charge is 0.129 e. The Kier molecular flexibility index (Phi) is 4.08. The van der Waals surface area contributed by atoms with E-state index in [1.165, 1.54) is 6.07 Å². The van der Waals surface area contributed by atoms with Gasteiger partial charge in [0, 0.05) is 10.0 Å². The second kappa shape index (κ2) is 5.17. The fourth-order valence-electron chi connectivity index (χ4n) is 3.08. The number of hydrogen-bond donors (Lipinski definition) is 1. The molecule has 0 aromatic heterocycles. The lowest BCUT2D eigenvalue weighted by atomic mass is 9.67. The fourth-order valence-corrected chi connectivity index (χ4v) is 3.45. The van der Waals surface area contributed by atoms with Crippen LogP contribution < -0.4 is 0 Å². The van der Waals surface area contributed by atoms with Crippen molar-refractivity contribution in [2.75, 3.05) is 0 Å². The summed E-state index contributed by atoms with van der Waals surface area (Å²) in [5, 5.41) is 10.8. The summed E-state index contributed by atoms with van der Waals surface area (Å²) in [6, 6.07) is 4.81. The lowest BCUT2D eigenvalue weighted by Gasteiger charge is -2.41. The van der Waals surface area contributed by atoms with Crippen LogP contribution in [0, 0.1) is 17.2 Å². The standard InChI is InChI=1S/C16H22BrFO/c1-15(2,3)11-6-8-16(19,9-7-11)13-10-12(17)4-5-14(13)18/h4-5,10-11,19H,6-9H2,1-3H3. The Labute approximate surface area is 123 Å². The summed E-state index contributed by atoms with van der Waals surface area (Å²) < 4.78 is 14.8. The summed E-state index contributed by atoms with van der Waals surface area (Å²) in [6.45, 7) is 6.71. The molecule has 1 aliphatic rings. The van der Waals surface area contributed by atoms with Crippen molar-refractivity contribution in [1.29, 1.82) is 0 Å². The zero-order valence-corrected chi connectivity index (χ0v) is 13.4. The highest BCUT2D eigenvalue weighted by atomic mass is 79.9. The van der Waals surface area contributed by atoms with Gasteiger partial charge in [0.25, 0.3) is 0 Å². The molecule has 2 rings (SSSR count). The van der Waals surface area contributed by atoms with Gasteiger partial charge in [0.1, 0.15) is 5.82 Å². The maximum atomic E-state index is 13.9. The predicted molar refractivity (Wildman–Crippen MR) is 79.4 cm³/mol. The first kappa shape index (κ1) is 15.0. The van der Waals surface area contributed by atoms with Crippen LogP contribution in [0.5, 0.6) is 0 Å². The molecule has 1 fully saturated rings. The number of aliphatic hydroxyl groups is 1. The highest BCUT2D eigenvalue weighted by Crippen LogP contribution is 2.46. The molecule has 0 amide bonds. The van der Waals surface area contributed by atoms with E-state index < -0.39 is 5.60 Å². The van der Waals surface area contributed by atoms with Gasteiger partial charge >= 0.3 is 0 Å². The van der Waals surface area contributed by atoms with Gasteiger partial charge in [-0.3, -0.25) is 0 Å². The maximum Gasteiger partial charge on any atom is 0.129 e. The van der Waals surface area contributed by atoms with Crippen LogP contribution in [0.15, 0.2) is 22.7 Å². The molecule has 19 heavy (non-hydrogen) atoms. The van der Waals surface area contributed by atoms with Gasteiger partial charge < -0.3 is 5.11 Å². The van der Waals surface area contributed by atoms with Crippen LogP contribution in [0.3, 0.4) is 0 Å². The third-order valence-electron chi connectivity index (χ3n) is 4.47. The summed E-state index contributed by atoms with van der Waals surface area (Å²) >= 11 is 3.35. The average Bonchev–Trinajstić information content (AvgIpc) is 2.31. The molecule has 1 N–H and O–H groups in total. The molecule has 1 aromatic carbocycles. The molecule has 1 saturated carbocycles. The second-order valence-electron chi connectivity index (χ2n) is 6.80. The van der Waals surface area contributed by atoms with Crippen molar-refractivity contribution in [2.45, 2.75) is 52.1 Å². The molecule has 1 aliphatic carbocycles. The first-order chi connectivity index (χ1) is 8.72. The van der Waals surface area contributed by atoms with E-state index in [1.807, 2.05) is 0 Å². The van der Waals surface area contributed by atoms with Gasteiger partial charge in [0.05, 0.1) is 5.60 Å². The van der Waals surface area contributed by atoms with E-state index >= 15 is 0 Å². The third-order valence-corrected chi connectivity index (χ3v) is 4.96. The SMILES string of the molecule is CC(C)(C)C1CCC(O)(c2cc(Br)ccc2F)CC1. The minimum Gasteiger partial charge on any atom is -0.385 e. The Morgan fingerprint density at radius 3 is 2.37 bits per heavy atom. The first-order valence-corrected chi connectivity index (χ1v) is 7.69. The van der Waals surface area contributed by atoms with Gasteiger partial charge in [-0.05, 0) is 55.2 Å². The molecule has 3 heteroatoms. The summed E-state index contributed by atoms with van der Waals surface area (Å²) in [4.78, 5) is 0. The van der Waals surface area contributed by atoms with Gasteiger partial charge in [-0.25, -0.2) is 4.39 Å². The zero-order valence-electron chi connectivity index (χ0n) is 11.8. The summed E-state index contributed by atoms with van der Waals surface area (Å²) in [7, 11) is 0. The van der Waals surface area contributed by atoms with Crippen molar-refractivity contribution in [1.82, 2.24) is 0 Å². The summed E-state index contributed by atoms with van der Waals surface area (Å²) in [5.41, 5.74) is -0.304. The van der Waals surface area contributed by atoms with E-state index in [0.29, 0.717) is 24.3 Å². The largest absolute Gasteiger partial charge is 0.385 e. The van der Waals surface area contributed by atoms with Crippen molar-refractivity contribution >= 4 is 15.9 Å². The van der Waals surface area contributed by atoms with Crippen LogP contribution in [-0.4, -0.2) is 5.11 Å². The molecule has 0 saturated heterocycles. The average molecular weight is 329 g/mol. The van der Waals surface area contributed by atoms with E-state index in [2.05, 4.69) is 36.7 Å². The molecular formula is C16H22BrFO. The van der Waals surface area contributed by atoms with Crippen LogP contribution in [0.2, 0.25) is 0 Å². The third kappa shape index (κ3) is 3.19. The van der Waals surface area contributed by atoms with Crippen molar-refractivity contribution in [3.63, 3.8) is 0 Å². The Balaban J connectivity index is 2.20. The van der Waals surface area contributed by atoms with E-state index in [-0.39, 0.29) is 11.2 Å². The van der Waals surface area contributed by atoms with Gasteiger partial charge in [-0.15, -0.1) is 0 Å². The highest BCUT2D eigenvalue weighted by Gasteiger charge is 2.39. The van der Waals surface area contributed by atoms with Crippen molar-refractivity contribution < 1.29 is 9.50 Å². The molecule has 0 heterocycles. The van der Waals surface area contributed by atoms with E-state index in [9.17, 15) is 9.50 Å². The van der Waals surface area contributed by atoms with Gasteiger partial charge in [-0.1, -0.05) is 36.7 Å². The van der Waals surface area contributed by atoms with Crippen molar-refractivity contribution in [2.24, 2.45) is 11.3 Å². The normalized spacial score (nSPS) is 28.4. The van der Waals surface area contributed by atoms with Crippen LogP contribution in [-0.2, 0) is 5.60 Å². The highest BCUT2D eigenvalue weighted by molar-refractivity contribution is 9.10. The lowest BCUT2D eigenvalue weighted by Crippen LogP contribution is -2.36. The Morgan fingerprint density at radius 2 is 1.84 bits per heavy atom. The van der Waals surface area contributed by atoms with Crippen LogP contribution >= 0.6 is 15.9 Å². The lowest BCUT2D eigenvalue weighted by molar-refractivity contribution is -0.0323. The monoisotopic (exact) mass is 328 g/mol. The van der Waals surface area contributed by atoms with Crippen LogP contribution in [0.1, 0.15) is 52.0 Å². The molecule has 1 aromatic rings. The quantitative estimate of drug-likeness (QED) is 0.768. The number of hydrogen-bond acceptors (Lipinski definition) is 1. The molecule has 106 valence electrons. The fraction of sp³-hybridized carbons (Fsp3) is 0.625. The summed E-state index contributed by atoms with van der Waals surface area (Å²) in [6.07, 6.45) is 3.18. The molecule has 0 bridgehead atoms. The first-order valence-electron chi connectivity index (χ1n) is 6.90. The molecule has 0 atom stereocenters. The van der Waals surface area contributed by atoms with Crippen LogP contribution in [0.25, 0.3) is 0 Å². The van der Waals surface area contributed by atoms with E-state index in [4.69, 9.17) is 0 Å². The molecule has 0 spiro atoms. The van der Waals surface area contributed by atoms with Crippen molar-refractivity contribution in [3.05, 3.63) is 34.1 Å². The van der Waals surface area contributed by atoms with E-state index in [1.54, 1.807) is 12.1 Å². The Bertz CT molecular complexity index is 456. The maximum absolute atomic E-state index is 13.9. The van der Waals surface area contributed by atoms with Gasteiger partial charge in [0.15, 0.2) is 0 Å². The topological polar surface area (TPSA) is 20.2 Å². The zero-order chi connectivity index (χ0) is 14.3. The van der Waals surface area contributed by atoms with Crippen molar-refractivity contribution in [3.8, 4) is 0 Å². The van der Waals surface area contributed by atoms with Gasteiger partial charge in [-0.2, -0.15) is 0 Å². The van der Waals surface area contributed by atoms with E-state index in [0.717, 1.165) is 17.3 Å². The minimum absolute atomic E-state index is 0.261. The molecule has 0 radical (unpaired) electrons. The van der Waals surface area contributed by atoms with Crippen LogP contribution in [0.4, 0.5) is 4.39 Å². The van der Waals surface area contributed by atoms with Gasteiger partial charge in [0.2, 0.25) is 0 Å². The number of benzene rings is 1. The summed E-state index contributed by atoms with van der Waals surface area (Å²) in [5.74, 6) is 0.294. The predicted octanol–water partition coefficient (Wildman–Crippen LogP) is 5.01. The molecule has 1 nitrogen and oxygen atoms in total. The second-order valence-corrected chi connectivity index (χ2v) is 7.71. The molecule has 0 aliphatic heterocycles.